The van der Waals surface area contributed by atoms with Gasteiger partial charge in [-0.1, -0.05) is 29.8 Å². The molecule has 2 heterocycles. The van der Waals surface area contributed by atoms with Crippen molar-refractivity contribution in [1.29, 1.82) is 0 Å². The molecule has 1 aromatic heterocycles. The van der Waals surface area contributed by atoms with Gasteiger partial charge in [-0.3, -0.25) is 4.79 Å². The Morgan fingerprint density at radius 3 is 2.42 bits per heavy atom. The first-order chi connectivity index (χ1) is 17.3. The number of nitrogens with zero attached hydrogens (tertiary/aromatic N) is 3. The lowest BCUT2D eigenvalue weighted by Gasteiger charge is -2.19. The SMILES string of the molecule is Cc1cc(C)cc(N2CC(c3nc4ccccc4n3CCCOc3cc(C)c(Cl)c(C)c3)CC2=O)c1. The van der Waals surface area contributed by atoms with Crippen LogP contribution in [-0.4, -0.2) is 28.6 Å². The fraction of sp³-hybridized carbons (Fsp3) is 0.333. The van der Waals surface area contributed by atoms with Crippen LogP contribution in [0.3, 0.4) is 0 Å². The second-order valence-corrected chi connectivity index (χ2v) is 10.3. The average Bonchev–Trinajstić information content (AvgIpc) is 3.40. The number of amides is 1. The number of ether oxygens (including phenoxy) is 1. The van der Waals surface area contributed by atoms with Gasteiger partial charge in [-0.15, -0.1) is 0 Å². The largest absolute Gasteiger partial charge is 0.494 e. The zero-order chi connectivity index (χ0) is 25.4. The first-order valence-corrected chi connectivity index (χ1v) is 12.9. The van der Waals surface area contributed by atoms with Gasteiger partial charge in [0.05, 0.1) is 17.6 Å². The molecule has 186 valence electrons. The fourth-order valence-corrected chi connectivity index (χ4v) is 5.39. The van der Waals surface area contributed by atoms with Crippen molar-refractivity contribution in [2.24, 2.45) is 0 Å². The summed E-state index contributed by atoms with van der Waals surface area (Å²) in [6, 6.07) is 18.5. The normalized spacial score (nSPS) is 15.8. The predicted molar refractivity (Wildman–Crippen MR) is 146 cm³/mol. The van der Waals surface area contributed by atoms with Gasteiger partial charge >= 0.3 is 0 Å². The Balaban J connectivity index is 1.35. The molecule has 0 N–H and O–H groups in total. The number of carbonyl (C=O) groups is 1. The molecule has 0 bridgehead atoms. The van der Waals surface area contributed by atoms with E-state index in [0.717, 1.165) is 57.4 Å². The summed E-state index contributed by atoms with van der Waals surface area (Å²) >= 11 is 6.30. The highest BCUT2D eigenvalue weighted by Crippen LogP contribution is 2.34. The van der Waals surface area contributed by atoms with Crippen molar-refractivity contribution < 1.29 is 9.53 Å². The lowest BCUT2D eigenvalue weighted by molar-refractivity contribution is -0.117. The van der Waals surface area contributed by atoms with Crippen LogP contribution in [0.15, 0.2) is 54.6 Å². The van der Waals surface area contributed by atoms with Crippen molar-refractivity contribution in [1.82, 2.24) is 9.55 Å². The van der Waals surface area contributed by atoms with Crippen LogP contribution in [0.2, 0.25) is 5.02 Å². The molecule has 3 aromatic carbocycles. The highest BCUT2D eigenvalue weighted by Gasteiger charge is 2.35. The van der Waals surface area contributed by atoms with Crippen molar-refractivity contribution in [2.45, 2.75) is 53.0 Å². The standard InChI is InChI=1S/C30H32ClN3O2/c1-19-12-20(2)14-24(13-19)34-18-23(17-28(34)35)30-32-26-8-5-6-9-27(26)33(30)10-7-11-36-25-15-21(3)29(31)22(4)16-25/h5-6,8-9,12-16,23H,7,10-11,17-18H2,1-4H3. The van der Waals surface area contributed by atoms with E-state index < -0.39 is 0 Å². The molecule has 0 radical (unpaired) electrons. The maximum absolute atomic E-state index is 13.1. The van der Waals surface area contributed by atoms with E-state index in [1.165, 1.54) is 11.1 Å². The highest BCUT2D eigenvalue weighted by atomic mass is 35.5. The van der Waals surface area contributed by atoms with E-state index in [2.05, 4.69) is 42.7 Å². The molecule has 6 heteroatoms. The van der Waals surface area contributed by atoms with Gasteiger partial charge in [0.1, 0.15) is 11.6 Å². The molecule has 1 atom stereocenters. The highest BCUT2D eigenvalue weighted by molar-refractivity contribution is 6.32. The molecule has 0 spiro atoms. The molecule has 1 unspecified atom stereocenters. The van der Waals surface area contributed by atoms with E-state index >= 15 is 0 Å². The number of aromatic nitrogens is 2. The van der Waals surface area contributed by atoms with Crippen LogP contribution in [0, 0.1) is 27.7 Å². The number of imidazole rings is 1. The zero-order valence-corrected chi connectivity index (χ0v) is 22.1. The van der Waals surface area contributed by atoms with Crippen LogP contribution in [0.1, 0.15) is 46.8 Å². The topological polar surface area (TPSA) is 47.4 Å². The summed E-state index contributed by atoms with van der Waals surface area (Å²) < 4.78 is 8.34. The van der Waals surface area contributed by atoms with E-state index in [-0.39, 0.29) is 11.8 Å². The van der Waals surface area contributed by atoms with Gasteiger partial charge < -0.3 is 14.2 Å². The van der Waals surface area contributed by atoms with E-state index in [4.69, 9.17) is 21.3 Å². The second kappa shape index (κ2) is 9.98. The summed E-state index contributed by atoms with van der Waals surface area (Å²) in [7, 11) is 0. The molecule has 36 heavy (non-hydrogen) atoms. The summed E-state index contributed by atoms with van der Waals surface area (Å²) in [5.74, 6) is 2.03. The van der Waals surface area contributed by atoms with Crippen LogP contribution in [0.5, 0.6) is 5.75 Å². The summed E-state index contributed by atoms with van der Waals surface area (Å²) in [5, 5.41) is 0.790. The molecule has 5 nitrogen and oxygen atoms in total. The van der Waals surface area contributed by atoms with E-state index in [0.29, 0.717) is 19.6 Å². The summed E-state index contributed by atoms with van der Waals surface area (Å²) in [6.45, 7) is 10.1. The third kappa shape index (κ3) is 4.85. The number of para-hydroxylation sites is 2. The minimum absolute atomic E-state index is 0.0493. The molecule has 5 rings (SSSR count). The molecule has 1 aliphatic heterocycles. The van der Waals surface area contributed by atoms with Crippen LogP contribution in [-0.2, 0) is 11.3 Å². The summed E-state index contributed by atoms with van der Waals surface area (Å²) in [6.07, 6.45) is 1.30. The number of hydrogen-bond donors (Lipinski definition) is 0. The van der Waals surface area contributed by atoms with Crippen molar-refractivity contribution in [2.75, 3.05) is 18.1 Å². The molecule has 1 saturated heterocycles. The number of rotatable bonds is 7. The van der Waals surface area contributed by atoms with Crippen LogP contribution in [0.4, 0.5) is 5.69 Å². The lowest BCUT2D eigenvalue weighted by atomic mass is 10.1. The Hall–Kier alpha value is -3.31. The Bertz CT molecular complexity index is 1400. The molecular formula is C30H32ClN3O2. The van der Waals surface area contributed by atoms with Crippen molar-refractivity contribution in [3.63, 3.8) is 0 Å². The molecule has 1 amide bonds. The van der Waals surface area contributed by atoms with Gasteiger partial charge in [0, 0.05) is 36.1 Å². The number of benzene rings is 3. The molecular weight excluding hydrogens is 470 g/mol. The van der Waals surface area contributed by atoms with Gasteiger partial charge in [0.25, 0.3) is 0 Å². The average molecular weight is 502 g/mol. The Morgan fingerprint density at radius 1 is 1.00 bits per heavy atom. The third-order valence-corrected chi connectivity index (χ3v) is 7.49. The zero-order valence-electron chi connectivity index (χ0n) is 21.3. The van der Waals surface area contributed by atoms with Crippen molar-refractivity contribution in [3.8, 4) is 5.75 Å². The van der Waals surface area contributed by atoms with Crippen LogP contribution >= 0.6 is 11.6 Å². The monoisotopic (exact) mass is 501 g/mol. The van der Waals surface area contributed by atoms with Gasteiger partial charge in [-0.2, -0.15) is 0 Å². The number of carbonyl (C=O) groups excluding carboxylic acids is 1. The maximum atomic E-state index is 13.1. The number of hydrogen-bond acceptors (Lipinski definition) is 3. The number of aryl methyl sites for hydroxylation is 5. The maximum Gasteiger partial charge on any atom is 0.227 e. The van der Waals surface area contributed by atoms with Gasteiger partial charge in [-0.25, -0.2) is 4.98 Å². The van der Waals surface area contributed by atoms with Crippen molar-refractivity contribution >= 4 is 34.2 Å². The molecule has 0 aliphatic carbocycles. The van der Waals surface area contributed by atoms with Gasteiger partial charge in [-0.05, 0) is 92.8 Å². The Morgan fingerprint density at radius 2 is 1.69 bits per heavy atom. The summed E-state index contributed by atoms with van der Waals surface area (Å²) in [5.41, 5.74) is 7.42. The van der Waals surface area contributed by atoms with E-state index in [1.54, 1.807) is 0 Å². The van der Waals surface area contributed by atoms with Gasteiger partial charge in [0.2, 0.25) is 5.91 Å². The number of fused-ring (bicyclic) bond motifs is 1. The van der Waals surface area contributed by atoms with Gasteiger partial charge in [0.15, 0.2) is 0 Å². The van der Waals surface area contributed by atoms with Crippen LogP contribution in [0.25, 0.3) is 11.0 Å². The minimum Gasteiger partial charge on any atom is -0.494 e. The Kier molecular flexibility index (Phi) is 6.76. The molecule has 1 aliphatic rings. The Labute approximate surface area is 217 Å². The third-order valence-electron chi connectivity index (χ3n) is 6.90. The first-order valence-electron chi connectivity index (χ1n) is 12.5. The lowest BCUT2D eigenvalue weighted by Crippen LogP contribution is -2.24. The molecule has 1 fully saturated rings. The first kappa shape index (κ1) is 24.4. The quantitative estimate of drug-likeness (QED) is 0.258. The number of anilines is 1. The van der Waals surface area contributed by atoms with Crippen LogP contribution < -0.4 is 9.64 Å². The number of halogens is 1. The summed E-state index contributed by atoms with van der Waals surface area (Å²) in [4.78, 5) is 20.0. The van der Waals surface area contributed by atoms with E-state index in [9.17, 15) is 4.79 Å². The second-order valence-electron chi connectivity index (χ2n) is 9.93. The molecule has 4 aromatic rings. The van der Waals surface area contributed by atoms with E-state index in [1.807, 2.05) is 49.1 Å². The molecule has 0 saturated carbocycles. The predicted octanol–water partition coefficient (Wildman–Crippen LogP) is 6.91. The van der Waals surface area contributed by atoms with Crippen molar-refractivity contribution in [3.05, 3.63) is 87.7 Å². The minimum atomic E-state index is 0.0493. The smallest absolute Gasteiger partial charge is 0.227 e. The fourth-order valence-electron chi connectivity index (χ4n) is 5.28.